The van der Waals surface area contributed by atoms with Crippen molar-refractivity contribution in [2.45, 2.75) is 17.8 Å². The second kappa shape index (κ2) is 5.25. The molecule has 1 aliphatic rings. The molecular formula is C11H11ClFNO2S. The molecule has 92 valence electrons. The number of carbonyl (C=O) groups is 1. The van der Waals surface area contributed by atoms with Crippen molar-refractivity contribution in [3.05, 3.63) is 34.6 Å². The molecule has 1 saturated heterocycles. The summed E-state index contributed by atoms with van der Waals surface area (Å²) in [6, 6.07) is 3.82. The Balaban J connectivity index is 2.25. The lowest BCUT2D eigenvalue weighted by Crippen LogP contribution is -2.42. The summed E-state index contributed by atoms with van der Waals surface area (Å²) in [4.78, 5) is 10.9. The quantitative estimate of drug-likeness (QED) is 0.871. The van der Waals surface area contributed by atoms with Crippen LogP contribution in [0.3, 0.4) is 0 Å². The molecule has 1 aromatic carbocycles. The lowest BCUT2D eigenvalue weighted by molar-refractivity contribution is -0.139. The molecule has 1 heterocycles. The summed E-state index contributed by atoms with van der Waals surface area (Å²) in [6.07, 6.45) is 0.530. The fourth-order valence-electron chi connectivity index (χ4n) is 1.74. The van der Waals surface area contributed by atoms with Crippen molar-refractivity contribution in [2.75, 3.05) is 5.75 Å². The Bertz CT molecular complexity index is 423. The zero-order valence-electron chi connectivity index (χ0n) is 8.82. The maximum atomic E-state index is 13.7. The first-order valence-corrected chi connectivity index (χ1v) is 6.56. The molecule has 2 unspecified atom stereocenters. The van der Waals surface area contributed by atoms with Crippen LogP contribution in [0.5, 0.6) is 0 Å². The highest BCUT2D eigenvalue weighted by molar-refractivity contribution is 7.99. The summed E-state index contributed by atoms with van der Waals surface area (Å²) in [5, 5.41) is 11.7. The first-order valence-electron chi connectivity index (χ1n) is 5.14. The fraction of sp³-hybridized carbons (Fsp3) is 0.364. The van der Waals surface area contributed by atoms with Crippen LogP contribution in [0.1, 0.15) is 17.4 Å². The molecule has 0 radical (unpaired) electrons. The lowest BCUT2D eigenvalue weighted by Gasteiger charge is -2.29. The summed E-state index contributed by atoms with van der Waals surface area (Å²) in [7, 11) is 0. The summed E-state index contributed by atoms with van der Waals surface area (Å²) in [6.45, 7) is 0. The van der Waals surface area contributed by atoms with E-state index in [1.165, 1.54) is 23.9 Å². The summed E-state index contributed by atoms with van der Waals surface area (Å²) >= 11 is 7.42. The van der Waals surface area contributed by atoms with Crippen LogP contribution in [-0.2, 0) is 4.79 Å². The van der Waals surface area contributed by atoms with Gasteiger partial charge in [0.2, 0.25) is 0 Å². The second-order valence-electron chi connectivity index (χ2n) is 3.73. The third kappa shape index (κ3) is 2.73. The number of hydrogen-bond acceptors (Lipinski definition) is 3. The van der Waals surface area contributed by atoms with E-state index in [1.54, 1.807) is 6.07 Å². The third-order valence-electron chi connectivity index (χ3n) is 2.60. The van der Waals surface area contributed by atoms with Crippen LogP contribution in [0, 0.1) is 5.82 Å². The fourth-order valence-corrected chi connectivity index (χ4v) is 3.35. The van der Waals surface area contributed by atoms with Gasteiger partial charge in [0.25, 0.3) is 0 Å². The van der Waals surface area contributed by atoms with E-state index >= 15 is 0 Å². The molecule has 17 heavy (non-hydrogen) atoms. The minimum absolute atomic E-state index is 0.320. The summed E-state index contributed by atoms with van der Waals surface area (Å²) < 4.78 is 13.7. The van der Waals surface area contributed by atoms with Gasteiger partial charge < -0.3 is 5.11 Å². The minimum Gasteiger partial charge on any atom is -0.480 e. The Morgan fingerprint density at radius 1 is 1.59 bits per heavy atom. The van der Waals surface area contributed by atoms with Crippen LogP contribution in [-0.4, -0.2) is 22.9 Å². The maximum Gasteiger partial charge on any atom is 0.320 e. The SMILES string of the molecule is O=C(O)C1CCSC(c2c(F)cccc2Cl)N1. The van der Waals surface area contributed by atoms with Crippen molar-refractivity contribution in [3.8, 4) is 0 Å². The Labute approximate surface area is 107 Å². The average molecular weight is 276 g/mol. The molecule has 6 heteroatoms. The van der Waals surface area contributed by atoms with Gasteiger partial charge in [-0.2, -0.15) is 0 Å². The molecule has 0 aliphatic carbocycles. The highest BCUT2D eigenvalue weighted by Crippen LogP contribution is 2.36. The van der Waals surface area contributed by atoms with Crippen LogP contribution in [0.2, 0.25) is 5.02 Å². The Morgan fingerprint density at radius 3 is 3.00 bits per heavy atom. The number of benzene rings is 1. The molecule has 0 bridgehead atoms. The lowest BCUT2D eigenvalue weighted by atomic mass is 10.1. The molecule has 1 aliphatic heterocycles. The zero-order chi connectivity index (χ0) is 12.4. The van der Waals surface area contributed by atoms with Gasteiger partial charge >= 0.3 is 5.97 Å². The molecule has 1 aromatic rings. The van der Waals surface area contributed by atoms with Crippen LogP contribution in [0.15, 0.2) is 18.2 Å². The number of aliphatic carboxylic acids is 1. The van der Waals surface area contributed by atoms with Gasteiger partial charge in [0.05, 0.1) is 5.37 Å². The van der Waals surface area contributed by atoms with Crippen LogP contribution in [0.4, 0.5) is 4.39 Å². The highest BCUT2D eigenvalue weighted by atomic mass is 35.5. The normalized spacial score (nSPS) is 24.6. The first kappa shape index (κ1) is 12.7. The average Bonchev–Trinajstić information content (AvgIpc) is 2.29. The van der Waals surface area contributed by atoms with Crippen molar-refractivity contribution < 1.29 is 14.3 Å². The molecule has 2 atom stereocenters. The predicted octanol–water partition coefficient (Wildman–Crippen LogP) is 2.66. The number of halogens is 2. The van der Waals surface area contributed by atoms with Crippen molar-refractivity contribution in [3.63, 3.8) is 0 Å². The van der Waals surface area contributed by atoms with E-state index in [4.69, 9.17) is 16.7 Å². The van der Waals surface area contributed by atoms with Gasteiger partial charge in [-0.15, -0.1) is 11.8 Å². The highest BCUT2D eigenvalue weighted by Gasteiger charge is 2.29. The van der Waals surface area contributed by atoms with E-state index in [9.17, 15) is 9.18 Å². The first-order chi connectivity index (χ1) is 8.09. The number of carboxylic acids is 1. The van der Waals surface area contributed by atoms with Gasteiger partial charge in [0.1, 0.15) is 11.9 Å². The van der Waals surface area contributed by atoms with E-state index < -0.39 is 23.2 Å². The molecule has 3 nitrogen and oxygen atoms in total. The van der Waals surface area contributed by atoms with Crippen molar-refractivity contribution in [1.29, 1.82) is 0 Å². The largest absolute Gasteiger partial charge is 0.480 e. The van der Waals surface area contributed by atoms with E-state index in [0.717, 1.165) is 0 Å². The van der Waals surface area contributed by atoms with Crippen molar-refractivity contribution in [2.24, 2.45) is 0 Å². The molecule has 2 N–H and O–H groups in total. The standard InChI is InChI=1S/C11H11ClFNO2S/c12-6-2-1-3-7(13)9(6)10-14-8(11(15)16)4-5-17-10/h1-3,8,10,14H,4-5H2,(H,15,16). The molecule has 0 spiro atoms. The number of thioether (sulfide) groups is 1. The number of hydrogen-bond donors (Lipinski definition) is 2. The molecule has 0 amide bonds. The third-order valence-corrected chi connectivity index (χ3v) is 4.11. The number of nitrogens with one attached hydrogen (secondary N) is 1. The summed E-state index contributed by atoms with van der Waals surface area (Å²) in [5.41, 5.74) is 0.338. The van der Waals surface area contributed by atoms with Crippen molar-refractivity contribution in [1.82, 2.24) is 5.32 Å². The molecular weight excluding hydrogens is 265 g/mol. The minimum atomic E-state index is -0.914. The molecule has 0 saturated carbocycles. The van der Waals surface area contributed by atoms with Gasteiger partial charge in [-0.3, -0.25) is 10.1 Å². The van der Waals surface area contributed by atoms with E-state index in [-0.39, 0.29) is 0 Å². The summed E-state index contributed by atoms with van der Waals surface area (Å²) in [5.74, 6) is -0.657. The van der Waals surface area contributed by atoms with Gasteiger partial charge in [-0.1, -0.05) is 17.7 Å². The van der Waals surface area contributed by atoms with Gasteiger partial charge in [0.15, 0.2) is 0 Å². The predicted molar refractivity (Wildman–Crippen MR) is 65.8 cm³/mol. The van der Waals surface area contributed by atoms with E-state index in [2.05, 4.69) is 5.32 Å². The number of carboxylic acid groups (broad SMARTS) is 1. The maximum absolute atomic E-state index is 13.7. The van der Waals surface area contributed by atoms with Gasteiger partial charge in [0, 0.05) is 10.6 Å². The van der Waals surface area contributed by atoms with Crippen LogP contribution in [0.25, 0.3) is 0 Å². The van der Waals surface area contributed by atoms with Crippen LogP contribution < -0.4 is 5.32 Å². The Kier molecular flexibility index (Phi) is 3.91. The van der Waals surface area contributed by atoms with Crippen molar-refractivity contribution >= 4 is 29.3 Å². The number of rotatable bonds is 2. The van der Waals surface area contributed by atoms with Crippen LogP contribution >= 0.6 is 23.4 Å². The molecule has 1 fully saturated rings. The second-order valence-corrected chi connectivity index (χ2v) is 5.35. The Hall–Kier alpha value is -0.780. The zero-order valence-corrected chi connectivity index (χ0v) is 10.4. The van der Waals surface area contributed by atoms with E-state index in [0.29, 0.717) is 22.8 Å². The topological polar surface area (TPSA) is 49.3 Å². The smallest absolute Gasteiger partial charge is 0.320 e. The van der Waals surface area contributed by atoms with Gasteiger partial charge in [-0.25, -0.2) is 4.39 Å². The van der Waals surface area contributed by atoms with E-state index in [1.807, 2.05) is 0 Å². The molecule has 2 rings (SSSR count). The van der Waals surface area contributed by atoms with Gasteiger partial charge in [-0.05, 0) is 24.3 Å². The monoisotopic (exact) mass is 275 g/mol. The molecule has 0 aromatic heterocycles. The Morgan fingerprint density at radius 2 is 2.35 bits per heavy atom.